The number of aromatic nitrogens is 1. The normalized spacial score (nSPS) is 20.1. The SMILES string of the molecule is CNC(=O)N1CC2(C1)C(N)=NC(c1cc(NC(=O)c3ccc(OC)cn3)ccc1F)CS2(=O)=O. The molecule has 2 aliphatic heterocycles. The number of rotatable bonds is 4. The molecule has 0 aliphatic carbocycles. The van der Waals surface area contributed by atoms with E-state index in [0.29, 0.717) is 5.75 Å². The zero-order valence-electron chi connectivity index (χ0n) is 18.4. The number of urea groups is 1. The van der Waals surface area contributed by atoms with Crippen molar-refractivity contribution in [3.8, 4) is 5.75 Å². The van der Waals surface area contributed by atoms with Crippen LogP contribution in [0.1, 0.15) is 22.1 Å². The zero-order valence-corrected chi connectivity index (χ0v) is 19.2. The molecule has 0 saturated carbocycles. The number of aliphatic imine (C=N–C) groups is 1. The first-order valence-electron chi connectivity index (χ1n) is 10.2. The van der Waals surface area contributed by atoms with E-state index >= 15 is 0 Å². The smallest absolute Gasteiger partial charge is 0.317 e. The van der Waals surface area contributed by atoms with Crippen LogP contribution in [0.5, 0.6) is 5.75 Å². The van der Waals surface area contributed by atoms with Crippen molar-refractivity contribution in [2.45, 2.75) is 10.8 Å². The van der Waals surface area contributed by atoms with Crippen molar-refractivity contribution < 1.29 is 27.1 Å². The molecule has 1 aromatic heterocycles. The number of nitrogens with one attached hydrogen (secondary N) is 2. The molecule has 3 amide bonds. The van der Waals surface area contributed by atoms with Crippen molar-refractivity contribution in [1.82, 2.24) is 15.2 Å². The van der Waals surface area contributed by atoms with Crippen molar-refractivity contribution in [1.29, 1.82) is 0 Å². The highest BCUT2D eigenvalue weighted by molar-refractivity contribution is 7.93. The molecule has 180 valence electrons. The monoisotopic (exact) mass is 490 g/mol. The minimum absolute atomic E-state index is 0.0238. The van der Waals surface area contributed by atoms with Gasteiger partial charge < -0.3 is 26.0 Å². The standard InChI is InChI=1S/C21H23FN6O5S/c1-24-20(30)28-10-21(11-28)19(23)27-17(9-34(21,31)32)14-7-12(3-5-15(14)22)26-18(29)16-6-4-13(33-2)8-25-16/h3-8,17H,9-11H2,1-2H3,(H2,23,27)(H,24,30)(H,26,29). The van der Waals surface area contributed by atoms with Crippen LogP contribution in [0.25, 0.3) is 0 Å². The number of benzene rings is 1. The maximum Gasteiger partial charge on any atom is 0.317 e. The summed E-state index contributed by atoms with van der Waals surface area (Å²) in [6.07, 6.45) is 1.39. The number of carbonyl (C=O) groups is 2. The lowest BCUT2D eigenvalue weighted by Crippen LogP contribution is -2.75. The molecule has 1 atom stereocenters. The highest BCUT2D eigenvalue weighted by Crippen LogP contribution is 2.39. The Bertz CT molecular complexity index is 1280. The highest BCUT2D eigenvalue weighted by atomic mass is 32.2. The number of carbonyl (C=O) groups excluding carboxylic acids is 2. The van der Waals surface area contributed by atoms with E-state index in [9.17, 15) is 22.4 Å². The van der Waals surface area contributed by atoms with E-state index in [0.717, 1.165) is 6.07 Å². The van der Waals surface area contributed by atoms with Crippen LogP contribution in [-0.4, -0.2) is 73.8 Å². The summed E-state index contributed by atoms with van der Waals surface area (Å²) in [6, 6.07) is 5.31. The van der Waals surface area contributed by atoms with Gasteiger partial charge in [-0.3, -0.25) is 9.79 Å². The number of sulfone groups is 1. The van der Waals surface area contributed by atoms with E-state index in [4.69, 9.17) is 10.5 Å². The summed E-state index contributed by atoms with van der Waals surface area (Å²) in [5.74, 6) is -1.39. The lowest BCUT2D eigenvalue weighted by Gasteiger charge is -2.50. The number of amidine groups is 1. The summed E-state index contributed by atoms with van der Waals surface area (Å²) >= 11 is 0. The van der Waals surface area contributed by atoms with Gasteiger partial charge in [-0.1, -0.05) is 0 Å². The molecule has 4 rings (SSSR count). The number of methoxy groups -OCH3 is 1. The van der Waals surface area contributed by atoms with Crippen LogP contribution in [0.15, 0.2) is 41.5 Å². The fraction of sp³-hybridized carbons (Fsp3) is 0.333. The molecule has 2 aliphatic rings. The second-order valence-corrected chi connectivity index (χ2v) is 10.3. The third-order valence-electron chi connectivity index (χ3n) is 5.95. The van der Waals surface area contributed by atoms with Crippen molar-refractivity contribution in [2.24, 2.45) is 10.7 Å². The predicted octanol–water partition coefficient (Wildman–Crippen LogP) is 0.702. The van der Waals surface area contributed by atoms with E-state index in [2.05, 4.69) is 20.6 Å². The van der Waals surface area contributed by atoms with Gasteiger partial charge in [0.2, 0.25) is 0 Å². The average molecular weight is 491 g/mol. The van der Waals surface area contributed by atoms with Crippen molar-refractivity contribution in [3.05, 3.63) is 53.6 Å². The number of hydrogen-bond acceptors (Lipinski definition) is 8. The lowest BCUT2D eigenvalue weighted by molar-refractivity contribution is 0.102. The summed E-state index contributed by atoms with van der Waals surface area (Å²) in [5, 5.41) is 5.04. The summed E-state index contributed by atoms with van der Waals surface area (Å²) in [5.41, 5.74) is 6.38. The van der Waals surface area contributed by atoms with E-state index in [1.165, 1.54) is 43.5 Å². The summed E-state index contributed by atoms with van der Waals surface area (Å²) < 4.78 is 44.4. The largest absolute Gasteiger partial charge is 0.495 e. The predicted molar refractivity (Wildman–Crippen MR) is 122 cm³/mol. The first-order chi connectivity index (χ1) is 16.1. The van der Waals surface area contributed by atoms with Crippen LogP contribution < -0.4 is 21.1 Å². The summed E-state index contributed by atoms with van der Waals surface area (Å²) in [4.78, 5) is 33.9. The Morgan fingerprint density at radius 1 is 1.26 bits per heavy atom. The van der Waals surface area contributed by atoms with E-state index < -0.39 is 44.1 Å². The maximum absolute atomic E-state index is 14.7. The Morgan fingerprint density at radius 3 is 2.59 bits per heavy atom. The van der Waals surface area contributed by atoms with Gasteiger partial charge in [0.25, 0.3) is 5.91 Å². The molecule has 0 radical (unpaired) electrons. The van der Waals surface area contributed by atoms with Gasteiger partial charge in [-0.15, -0.1) is 0 Å². The number of hydrogen-bond donors (Lipinski definition) is 3. The molecule has 3 heterocycles. The first kappa shape index (κ1) is 23.4. The number of nitrogens with two attached hydrogens (primary N) is 1. The first-order valence-corrected chi connectivity index (χ1v) is 11.9. The minimum Gasteiger partial charge on any atom is -0.495 e. The van der Waals surface area contributed by atoms with Gasteiger partial charge in [-0.05, 0) is 30.3 Å². The molecule has 13 heteroatoms. The Morgan fingerprint density at radius 2 is 2.00 bits per heavy atom. The van der Waals surface area contributed by atoms with E-state index in [1.807, 2.05) is 0 Å². The molecule has 34 heavy (non-hydrogen) atoms. The highest BCUT2D eigenvalue weighted by Gasteiger charge is 2.60. The molecule has 1 fully saturated rings. The fourth-order valence-electron chi connectivity index (χ4n) is 3.95. The molecule has 4 N–H and O–H groups in total. The number of anilines is 1. The molecule has 11 nitrogen and oxygen atoms in total. The Balaban J connectivity index is 1.57. The van der Waals surface area contributed by atoms with Crippen LogP contribution in [0.2, 0.25) is 0 Å². The molecule has 1 unspecified atom stereocenters. The summed E-state index contributed by atoms with van der Waals surface area (Å²) in [7, 11) is -0.949. The topological polar surface area (TPSA) is 156 Å². The number of amides is 3. The van der Waals surface area contributed by atoms with Crippen LogP contribution >= 0.6 is 0 Å². The number of pyridine rings is 1. The van der Waals surface area contributed by atoms with Crippen molar-refractivity contribution in [3.63, 3.8) is 0 Å². The molecule has 2 aromatic rings. The molecular weight excluding hydrogens is 467 g/mol. The third kappa shape index (κ3) is 3.91. The van der Waals surface area contributed by atoms with Gasteiger partial charge in [0.15, 0.2) is 14.6 Å². The van der Waals surface area contributed by atoms with Crippen molar-refractivity contribution in [2.75, 3.05) is 38.3 Å². The van der Waals surface area contributed by atoms with Crippen LogP contribution in [-0.2, 0) is 9.84 Å². The van der Waals surface area contributed by atoms with E-state index in [-0.39, 0.29) is 35.9 Å². The molecule has 1 aromatic carbocycles. The number of halogens is 1. The second-order valence-electron chi connectivity index (χ2n) is 7.99. The van der Waals surface area contributed by atoms with Gasteiger partial charge in [-0.25, -0.2) is 22.6 Å². The second kappa shape index (κ2) is 8.56. The van der Waals surface area contributed by atoms with Gasteiger partial charge >= 0.3 is 6.03 Å². The van der Waals surface area contributed by atoms with Gasteiger partial charge in [0, 0.05) is 18.3 Å². The van der Waals surface area contributed by atoms with Crippen LogP contribution in [0.4, 0.5) is 14.9 Å². The van der Waals surface area contributed by atoms with Crippen molar-refractivity contribution >= 4 is 33.3 Å². The Hall–Kier alpha value is -3.74. The van der Waals surface area contributed by atoms with Gasteiger partial charge in [0.1, 0.15) is 23.1 Å². The minimum atomic E-state index is -3.86. The van der Waals surface area contributed by atoms with Crippen LogP contribution in [0, 0.1) is 5.82 Å². The van der Waals surface area contributed by atoms with Gasteiger partial charge in [-0.2, -0.15) is 0 Å². The molecular formula is C21H23FN6O5S. The fourth-order valence-corrected chi connectivity index (χ4v) is 6.01. The van der Waals surface area contributed by atoms with E-state index in [1.54, 1.807) is 6.07 Å². The third-order valence-corrected chi connectivity index (χ3v) is 8.36. The average Bonchev–Trinajstić information content (AvgIpc) is 2.78. The van der Waals surface area contributed by atoms with Crippen LogP contribution in [0.3, 0.4) is 0 Å². The number of ether oxygens (including phenoxy) is 1. The Labute approximate surface area is 195 Å². The lowest BCUT2D eigenvalue weighted by atomic mass is 9.97. The van der Waals surface area contributed by atoms with Gasteiger partial charge in [0.05, 0.1) is 38.2 Å². The Kier molecular flexibility index (Phi) is 5.89. The maximum atomic E-state index is 14.7. The summed E-state index contributed by atoms with van der Waals surface area (Å²) in [6.45, 7) is -0.241. The molecule has 0 bridgehead atoms. The number of likely N-dealkylation sites (tertiary alicyclic amines) is 1. The number of nitrogens with zero attached hydrogens (tertiary/aromatic N) is 3. The molecule has 1 saturated heterocycles. The quantitative estimate of drug-likeness (QED) is 0.570. The molecule has 1 spiro atoms. The zero-order chi connectivity index (χ0) is 24.7.